The number of ether oxygens (including phenoxy) is 1. The predicted molar refractivity (Wildman–Crippen MR) is 106 cm³/mol. The zero-order valence-electron chi connectivity index (χ0n) is 14.7. The Hall–Kier alpha value is -2.19. The predicted octanol–water partition coefficient (Wildman–Crippen LogP) is 3.28. The number of halogens is 1. The van der Waals surface area contributed by atoms with Crippen molar-refractivity contribution in [3.63, 3.8) is 0 Å². The first-order chi connectivity index (χ1) is 13.0. The number of anilines is 1. The van der Waals surface area contributed by atoms with Gasteiger partial charge in [0.2, 0.25) is 11.8 Å². The maximum atomic E-state index is 12.8. The molecule has 0 unspecified atom stereocenters. The van der Waals surface area contributed by atoms with Gasteiger partial charge >= 0.3 is 5.97 Å². The number of methoxy groups -OCH3 is 1. The molecule has 0 aliphatic carbocycles. The minimum atomic E-state index is -0.468. The van der Waals surface area contributed by atoms with E-state index in [9.17, 15) is 14.4 Å². The van der Waals surface area contributed by atoms with Gasteiger partial charge < -0.3 is 15.0 Å². The van der Waals surface area contributed by atoms with E-state index in [0.717, 1.165) is 15.0 Å². The normalized spacial score (nSPS) is 17.6. The number of nitrogens with one attached hydrogen (secondary N) is 1. The smallest absolute Gasteiger partial charge is 0.307 e. The van der Waals surface area contributed by atoms with Crippen LogP contribution in [0, 0.1) is 5.92 Å². The average molecular weight is 451 g/mol. The lowest BCUT2D eigenvalue weighted by Gasteiger charge is -2.20. The van der Waals surface area contributed by atoms with Crippen LogP contribution in [0.1, 0.15) is 23.8 Å². The Kier molecular flexibility index (Phi) is 6.28. The van der Waals surface area contributed by atoms with Crippen molar-refractivity contribution in [2.45, 2.75) is 18.9 Å². The van der Waals surface area contributed by atoms with E-state index in [4.69, 9.17) is 4.74 Å². The fraction of sp³-hybridized carbons (Fsp3) is 0.316. The van der Waals surface area contributed by atoms with E-state index in [1.807, 2.05) is 41.8 Å². The van der Waals surface area contributed by atoms with Crippen molar-refractivity contribution in [2.75, 3.05) is 18.6 Å². The summed E-state index contributed by atoms with van der Waals surface area (Å²) in [7, 11) is 1.32. The van der Waals surface area contributed by atoms with Gasteiger partial charge in [-0.25, -0.2) is 0 Å². The summed E-state index contributed by atoms with van der Waals surface area (Å²) in [6.45, 7) is 0.308. The summed E-state index contributed by atoms with van der Waals surface area (Å²) in [6.07, 6.45) is 0.194. The van der Waals surface area contributed by atoms with Gasteiger partial charge in [0.25, 0.3) is 0 Å². The molecule has 1 aromatic heterocycles. The number of benzene rings is 1. The van der Waals surface area contributed by atoms with Crippen molar-refractivity contribution in [3.05, 3.63) is 51.1 Å². The number of para-hydroxylation sites is 1. The molecule has 2 amide bonds. The lowest BCUT2D eigenvalue weighted by atomic mass is 10.1. The van der Waals surface area contributed by atoms with E-state index in [1.54, 1.807) is 4.90 Å². The molecule has 1 fully saturated rings. The Morgan fingerprint density at radius 2 is 2.11 bits per heavy atom. The summed E-state index contributed by atoms with van der Waals surface area (Å²) < 4.78 is 5.54. The number of thiophene rings is 1. The van der Waals surface area contributed by atoms with Crippen LogP contribution in [0.25, 0.3) is 0 Å². The molecule has 0 radical (unpaired) electrons. The monoisotopic (exact) mass is 450 g/mol. The second-order valence-corrected chi connectivity index (χ2v) is 8.05. The van der Waals surface area contributed by atoms with Crippen molar-refractivity contribution in [2.24, 2.45) is 5.92 Å². The first-order valence-electron chi connectivity index (χ1n) is 8.45. The third kappa shape index (κ3) is 4.56. The minimum Gasteiger partial charge on any atom is -0.469 e. The van der Waals surface area contributed by atoms with Crippen LogP contribution < -0.4 is 10.2 Å². The highest BCUT2D eigenvalue weighted by atomic mass is 79.9. The lowest BCUT2D eigenvalue weighted by Crippen LogP contribution is -2.36. The molecule has 8 heteroatoms. The van der Waals surface area contributed by atoms with E-state index >= 15 is 0 Å². The van der Waals surface area contributed by atoms with Crippen LogP contribution in [-0.4, -0.2) is 31.4 Å². The Morgan fingerprint density at radius 1 is 1.33 bits per heavy atom. The quantitative estimate of drug-likeness (QED) is 0.685. The molecule has 3 rings (SSSR count). The van der Waals surface area contributed by atoms with Gasteiger partial charge in [0.1, 0.15) is 0 Å². The molecule has 0 saturated carbocycles. The number of carbonyl (C=O) groups excluding carboxylic acids is 3. The molecule has 1 saturated heterocycles. The van der Waals surface area contributed by atoms with Crippen molar-refractivity contribution in [1.29, 1.82) is 0 Å². The van der Waals surface area contributed by atoms with Crippen molar-refractivity contribution in [1.82, 2.24) is 5.32 Å². The first-order valence-corrected chi connectivity index (χ1v) is 10.1. The molecule has 1 N–H and O–H groups in total. The zero-order valence-corrected chi connectivity index (χ0v) is 17.1. The number of nitrogens with zero attached hydrogens (tertiary/aromatic N) is 1. The molecule has 0 bridgehead atoms. The average Bonchev–Trinajstić information content (AvgIpc) is 3.31. The van der Waals surface area contributed by atoms with Crippen LogP contribution >= 0.6 is 27.3 Å². The molecule has 142 valence electrons. The lowest BCUT2D eigenvalue weighted by molar-refractivity contribution is -0.141. The van der Waals surface area contributed by atoms with Crippen LogP contribution in [0.15, 0.2) is 46.3 Å². The molecular formula is C19H19BrN2O4S. The molecule has 1 aliphatic heterocycles. The Labute approximate surface area is 169 Å². The zero-order chi connectivity index (χ0) is 19.4. The van der Waals surface area contributed by atoms with E-state index < -0.39 is 17.9 Å². The van der Waals surface area contributed by atoms with E-state index in [1.165, 1.54) is 18.4 Å². The van der Waals surface area contributed by atoms with Gasteiger partial charge in [-0.2, -0.15) is 0 Å². The van der Waals surface area contributed by atoms with Gasteiger partial charge in [-0.05, 0) is 39.5 Å². The molecule has 6 nitrogen and oxygen atoms in total. The van der Waals surface area contributed by atoms with E-state index in [0.29, 0.717) is 6.54 Å². The third-order valence-corrected chi connectivity index (χ3v) is 6.10. The fourth-order valence-corrected chi connectivity index (χ4v) is 4.32. The highest BCUT2D eigenvalue weighted by molar-refractivity contribution is 9.10. The molecule has 27 heavy (non-hydrogen) atoms. The highest BCUT2D eigenvalue weighted by Crippen LogP contribution is 2.32. The van der Waals surface area contributed by atoms with Crippen LogP contribution in [0.2, 0.25) is 0 Å². The van der Waals surface area contributed by atoms with Gasteiger partial charge in [-0.15, -0.1) is 11.3 Å². The molecule has 2 aromatic rings. The van der Waals surface area contributed by atoms with Crippen LogP contribution in [0.5, 0.6) is 0 Å². The van der Waals surface area contributed by atoms with Gasteiger partial charge in [-0.1, -0.05) is 18.2 Å². The number of esters is 1. The molecule has 2 heterocycles. The van der Waals surface area contributed by atoms with Crippen molar-refractivity contribution in [3.8, 4) is 0 Å². The summed E-state index contributed by atoms with van der Waals surface area (Å²) in [4.78, 5) is 39.4. The molecule has 1 aromatic carbocycles. The van der Waals surface area contributed by atoms with Gasteiger partial charge in [0.05, 0.1) is 31.2 Å². The Balaban J connectivity index is 1.71. The summed E-state index contributed by atoms with van der Waals surface area (Å²) in [5.41, 5.74) is 0.752. The number of hydrogen-bond acceptors (Lipinski definition) is 5. The van der Waals surface area contributed by atoms with Gasteiger partial charge in [0.15, 0.2) is 0 Å². The fourth-order valence-electron chi connectivity index (χ4n) is 3.04. The highest BCUT2D eigenvalue weighted by Gasteiger charge is 2.36. The Bertz CT molecular complexity index is 840. The van der Waals surface area contributed by atoms with E-state index in [2.05, 4.69) is 21.2 Å². The summed E-state index contributed by atoms with van der Waals surface area (Å²) >= 11 is 4.91. The van der Waals surface area contributed by atoms with Crippen molar-refractivity contribution < 1.29 is 19.1 Å². The van der Waals surface area contributed by atoms with Crippen LogP contribution in [0.3, 0.4) is 0 Å². The number of carbonyl (C=O) groups is 3. The number of rotatable bonds is 6. The number of amides is 2. The van der Waals surface area contributed by atoms with Gasteiger partial charge in [-0.3, -0.25) is 14.4 Å². The topological polar surface area (TPSA) is 75.7 Å². The molecular weight excluding hydrogens is 432 g/mol. The minimum absolute atomic E-state index is 0.0529. The van der Waals surface area contributed by atoms with Gasteiger partial charge in [0, 0.05) is 22.3 Å². The maximum Gasteiger partial charge on any atom is 0.307 e. The second-order valence-electron chi connectivity index (χ2n) is 6.21. The Morgan fingerprint density at radius 3 is 2.78 bits per heavy atom. The standard InChI is InChI=1S/C19H19BrN2O4S/c1-26-18(24)10-14(16-7-4-8-27-16)21-19(25)12-9-17(23)22(11-12)15-6-3-2-5-13(15)20/h2-8,12,14H,9-11H2,1H3,(H,21,25)/t12-,14-/m0/s1. The van der Waals surface area contributed by atoms with Crippen molar-refractivity contribution >= 4 is 50.7 Å². The largest absolute Gasteiger partial charge is 0.469 e. The molecule has 0 spiro atoms. The number of hydrogen-bond donors (Lipinski definition) is 1. The summed E-state index contributed by atoms with van der Waals surface area (Å²) in [5, 5.41) is 4.80. The molecule has 2 atom stereocenters. The first kappa shape index (κ1) is 19.6. The van der Waals surface area contributed by atoms with Crippen LogP contribution in [-0.2, 0) is 19.1 Å². The maximum absolute atomic E-state index is 12.8. The van der Waals surface area contributed by atoms with E-state index in [-0.39, 0.29) is 24.7 Å². The second kappa shape index (κ2) is 8.67. The SMILES string of the molecule is COC(=O)C[C@H](NC(=O)[C@H]1CC(=O)N(c2ccccc2Br)C1)c1cccs1. The van der Waals surface area contributed by atoms with Crippen LogP contribution in [0.4, 0.5) is 5.69 Å². The summed E-state index contributed by atoms with van der Waals surface area (Å²) in [6, 6.07) is 10.7. The third-order valence-electron chi connectivity index (χ3n) is 4.44. The summed E-state index contributed by atoms with van der Waals surface area (Å²) in [5.74, 6) is -1.20. The molecule has 1 aliphatic rings.